The van der Waals surface area contributed by atoms with Gasteiger partial charge in [-0.05, 0) is 67.6 Å². The lowest BCUT2D eigenvalue weighted by atomic mass is 9.43. The molecule has 5 atom stereocenters. The Morgan fingerprint density at radius 2 is 1.83 bits per heavy atom. The molecule has 0 radical (unpaired) electrons. The molecule has 1 spiro atoms. The summed E-state index contributed by atoms with van der Waals surface area (Å²) >= 11 is 0. The van der Waals surface area contributed by atoms with Crippen LogP contribution in [0.2, 0.25) is 18.1 Å². The van der Waals surface area contributed by atoms with Gasteiger partial charge in [0.1, 0.15) is 17.1 Å². The molecule has 0 saturated heterocycles. The van der Waals surface area contributed by atoms with Crippen molar-refractivity contribution in [3.05, 3.63) is 22.8 Å². The van der Waals surface area contributed by atoms with Crippen molar-refractivity contribution in [2.75, 3.05) is 0 Å². The van der Waals surface area contributed by atoms with Crippen LogP contribution in [0.3, 0.4) is 0 Å². The van der Waals surface area contributed by atoms with Crippen LogP contribution in [-0.2, 0) is 13.0 Å². The Hall–Kier alpha value is -1.53. The summed E-state index contributed by atoms with van der Waals surface area (Å²) in [5.41, 5.74) is 2.20. The van der Waals surface area contributed by atoms with Crippen LogP contribution in [0.15, 0.2) is 6.07 Å². The Morgan fingerprint density at radius 3 is 2.49 bits per heavy atom. The molecule has 35 heavy (non-hydrogen) atoms. The molecule has 2 heterocycles. The maximum absolute atomic E-state index is 12.8. The van der Waals surface area contributed by atoms with Gasteiger partial charge >= 0.3 is 0 Å². The first-order valence-electron chi connectivity index (χ1n) is 13.6. The van der Waals surface area contributed by atoms with Crippen molar-refractivity contribution in [1.82, 2.24) is 5.32 Å². The van der Waals surface area contributed by atoms with Crippen LogP contribution in [-0.4, -0.2) is 31.0 Å². The van der Waals surface area contributed by atoms with E-state index in [-0.39, 0.29) is 39.4 Å². The molecule has 0 unspecified atom stereocenters. The first-order valence-corrected chi connectivity index (χ1v) is 16.5. The third-order valence-electron chi connectivity index (χ3n) is 11.2. The second-order valence-corrected chi connectivity index (χ2v) is 19.0. The summed E-state index contributed by atoms with van der Waals surface area (Å²) in [6.07, 6.45) is 4.38. The van der Waals surface area contributed by atoms with E-state index < -0.39 is 8.32 Å². The van der Waals surface area contributed by atoms with Crippen molar-refractivity contribution < 1.29 is 19.1 Å². The predicted molar refractivity (Wildman–Crippen MR) is 142 cm³/mol. The number of fused-ring (bicyclic) bond motifs is 3. The first kappa shape index (κ1) is 25.1. The normalized spacial score (nSPS) is 35.7. The van der Waals surface area contributed by atoms with Crippen LogP contribution in [0, 0.1) is 22.7 Å². The third kappa shape index (κ3) is 3.31. The van der Waals surface area contributed by atoms with Gasteiger partial charge < -0.3 is 19.6 Å². The zero-order chi connectivity index (χ0) is 25.8. The fourth-order valence-corrected chi connectivity index (χ4v) is 8.49. The van der Waals surface area contributed by atoms with E-state index in [0.717, 1.165) is 54.7 Å². The Labute approximate surface area is 212 Å². The van der Waals surface area contributed by atoms with Crippen LogP contribution in [0.1, 0.15) is 95.6 Å². The third-order valence-corrected chi connectivity index (χ3v) is 15.5. The smallest absolute Gasteiger partial charge is 0.252 e. The topological polar surface area (TPSA) is 67.8 Å². The monoisotopic (exact) mass is 499 g/mol. The molecule has 6 heteroatoms. The van der Waals surface area contributed by atoms with Gasteiger partial charge in [-0.15, -0.1) is 0 Å². The van der Waals surface area contributed by atoms with E-state index in [0.29, 0.717) is 18.0 Å². The van der Waals surface area contributed by atoms with Crippen molar-refractivity contribution in [2.24, 2.45) is 22.7 Å². The summed E-state index contributed by atoms with van der Waals surface area (Å²) < 4.78 is 14.3. The maximum atomic E-state index is 12.8. The summed E-state index contributed by atoms with van der Waals surface area (Å²) in [4.78, 5) is 12.8. The molecule has 2 aliphatic heterocycles. The van der Waals surface area contributed by atoms with Gasteiger partial charge in [-0.3, -0.25) is 4.79 Å². The average Bonchev–Trinajstić information content (AvgIpc) is 3.11. The minimum atomic E-state index is -2.13. The van der Waals surface area contributed by atoms with Crippen molar-refractivity contribution in [3.63, 3.8) is 0 Å². The van der Waals surface area contributed by atoms with E-state index in [2.05, 4.69) is 66.9 Å². The fraction of sp³-hybridized carbons (Fsp3) is 0.759. The number of amides is 1. The molecule has 2 aliphatic carbocycles. The highest BCUT2D eigenvalue weighted by molar-refractivity contribution is 6.74. The molecule has 4 aliphatic rings. The minimum absolute atomic E-state index is 0.0368. The van der Waals surface area contributed by atoms with E-state index >= 15 is 0 Å². The van der Waals surface area contributed by atoms with Crippen LogP contribution in [0.5, 0.6) is 11.5 Å². The van der Waals surface area contributed by atoms with E-state index in [4.69, 9.17) is 9.16 Å². The van der Waals surface area contributed by atoms with Gasteiger partial charge in [0, 0.05) is 29.0 Å². The highest BCUT2D eigenvalue weighted by Crippen LogP contribution is 2.67. The number of ether oxygens (including phenoxy) is 1. The number of aliphatic hydroxyl groups excluding tert-OH is 1. The lowest BCUT2D eigenvalue weighted by Gasteiger charge is -2.67. The summed E-state index contributed by atoms with van der Waals surface area (Å²) in [7, 11) is -2.13. The molecule has 0 aromatic heterocycles. The molecule has 1 aromatic rings. The summed E-state index contributed by atoms with van der Waals surface area (Å²) in [6.45, 7) is 21.1. The van der Waals surface area contributed by atoms with Crippen LogP contribution >= 0.6 is 0 Å². The van der Waals surface area contributed by atoms with E-state index in [1.54, 1.807) is 0 Å². The zero-order valence-electron chi connectivity index (χ0n) is 23.2. The van der Waals surface area contributed by atoms with E-state index in [9.17, 15) is 9.90 Å². The number of nitrogens with one attached hydrogen (secondary N) is 1. The van der Waals surface area contributed by atoms with E-state index in [1.807, 2.05) is 6.07 Å². The number of rotatable bonds is 2. The molecule has 2 N–H and O–H groups in total. The molecule has 5 rings (SSSR count). The summed E-state index contributed by atoms with van der Waals surface area (Å²) in [6, 6.07) is 2.00. The maximum Gasteiger partial charge on any atom is 0.252 e. The van der Waals surface area contributed by atoms with Crippen LogP contribution in [0.25, 0.3) is 0 Å². The first-order chi connectivity index (χ1) is 16.1. The Kier molecular flexibility index (Phi) is 5.39. The number of carbonyl (C=O) groups is 1. The summed E-state index contributed by atoms with van der Waals surface area (Å²) in [5.74, 6) is 2.46. The highest BCUT2D eigenvalue weighted by atomic mass is 28.4. The Balaban J connectivity index is 1.71. The van der Waals surface area contributed by atoms with Gasteiger partial charge in [-0.25, -0.2) is 0 Å². The fourth-order valence-electron chi connectivity index (χ4n) is 7.46. The largest absolute Gasteiger partial charge is 0.543 e. The average molecular weight is 500 g/mol. The van der Waals surface area contributed by atoms with Gasteiger partial charge in [0.15, 0.2) is 0 Å². The summed E-state index contributed by atoms with van der Waals surface area (Å²) in [5, 5.41) is 14.1. The molecule has 0 bridgehead atoms. The number of hydrogen-bond donors (Lipinski definition) is 2. The predicted octanol–water partition coefficient (Wildman–Crippen LogP) is 6.22. The molecular formula is C29H45NO4Si. The number of hydrogen-bond acceptors (Lipinski definition) is 4. The van der Waals surface area contributed by atoms with Crippen molar-refractivity contribution >= 4 is 14.2 Å². The Bertz CT molecular complexity index is 1070. The van der Waals surface area contributed by atoms with Gasteiger partial charge in [-0.1, -0.05) is 48.5 Å². The number of benzene rings is 1. The lowest BCUT2D eigenvalue weighted by Crippen LogP contribution is -2.70. The van der Waals surface area contributed by atoms with Crippen molar-refractivity contribution in [2.45, 2.75) is 117 Å². The second kappa shape index (κ2) is 7.50. The Morgan fingerprint density at radius 1 is 1.14 bits per heavy atom. The SMILES string of the molecule is C[C@H]1CC[C@H]2C(C)(C)[C@@H](O)CC[C@]23Oc2c(c(O[Si](C)(C)C(C)(C)C)cc4c2CNC4=O)C[C@]13C. The van der Waals surface area contributed by atoms with Crippen molar-refractivity contribution in [1.29, 1.82) is 0 Å². The number of aliphatic hydroxyl groups is 1. The van der Waals surface area contributed by atoms with Gasteiger partial charge in [0.05, 0.1) is 11.7 Å². The van der Waals surface area contributed by atoms with Crippen LogP contribution < -0.4 is 14.5 Å². The molecule has 2 saturated carbocycles. The molecule has 5 nitrogen and oxygen atoms in total. The molecular weight excluding hydrogens is 454 g/mol. The number of carbonyl (C=O) groups excluding carboxylic acids is 1. The van der Waals surface area contributed by atoms with Gasteiger partial charge in [-0.2, -0.15) is 0 Å². The second-order valence-electron chi connectivity index (χ2n) is 14.2. The van der Waals surface area contributed by atoms with E-state index in [1.165, 1.54) is 0 Å². The highest BCUT2D eigenvalue weighted by Gasteiger charge is 2.68. The van der Waals surface area contributed by atoms with Gasteiger partial charge in [0.2, 0.25) is 8.32 Å². The minimum Gasteiger partial charge on any atom is -0.543 e. The molecule has 194 valence electrons. The van der Waals surface area contributed by atoms with Gasteiger partial charge in [0.25, 0.3) is 5.91 Å². The molecule has 1 amide bonds. The molecule has 1 aromatic carbocycles. The standard InChI is InChI=1S/C29H45NO4Si/c1-17-10-11-22-27(5,6)23(31)12-13-29(22)28(17,7)15-19-21(34-35(8,9)26(2,3)4)14-18-20(24(19)33-29)16-30-25(18)32/h14,17,22-23,31H,10-13,15-16H2,1-9H3,(H,30,32)/t17-,22-,23-,28+,29-/m0/s1. The zero-order valence-corrected chi connectivity index (χ0v) is 24.2. The van der Waals surface area contributed by atoms with Crippen molar-refractivity contribution in [3.8, 4) is 11.5 Å². The lowest BCUT2D eigenvalue weighted by molar-refractivity contribution is -0.233. The molecule has 2 fully saturated rings. The quantitative estimate of drug-likeness (QED) is 0.474. The van der Waals surface area contributed by atoms with Crippen LogP contribution in [0.4, 0.5) is 0 Å².